The van der Waals surface area contributed by atoms with Gasteiger partial charge in [-0.05, 0) is 54.6 Å². The van der Waals surface area contributed by atoms with E-state index < -0.39 is 5.97 Å². The van der Waals surface area contributed by atoms with Crippen LogP contribution in [-0.2, 0) is 4.74 Å². The Morgan fingerprint density at radius 3 is 2.37 bits per heavy atom. The van der Waals surface area contributed by atoms with Crippen LogP contribution >= 0.6 is 11.6 Å². The second-order valence-corrected chi connectivity index (χ2v) is 6.03. The van der Waals surface area contributed by atoms with Gasteiger partial charge in [0.05, 0.1) is 24.6 Å². The number of nitrogens with one attached hydrogen (secondary N) is 2. The molecule has 136 valence electrons. The quantitative estimate of drug-likeness (QED) is 0.635. The van der Waals surface area contributed by atoms with Crippen molar-refractivity contribution in [2.45, 2.75) is 0 Å². The van der Waals surface area contributed by atoms with Crippen LogP contribution in [0.2, 0.25) is 5.02 Å². The number of esters is 1. The number of nitrogens with zero attached hydrogens (tertiary/aromatic N) is 1. The number of hydrogen-bond acceptors (Lipinski definition) is 5. The van der Waals surface area contributed by atoms with Gasteiger partial charge in [0.25, 0.3) is 5.91 Å². The third-order valence-electron chi connectivity index (χ3n) is 3.67. The summed E-state index contributed by atoms with van der Waals surface area (Å²) in [4.78, 5) is 28.0. The van der Waals surface area contributed by atoms with Crippen LogP contribution in [0.1, 0.15) is 20.8 Å². The Kier molecular flexibility index (Phi) is 5.68. The van der Waals surface area contributed by atoms with Crippen molar-refractivity contribution in [2.75, 3.05) is 17.7 Å². The molecule has 0 atom stereocenters. The van der Waals surface area contributed by atoms with Gasteiger partial charge in [0, 0.05) is 16.4 Å². The van der Waals surface area contributed by atoms with Gasteiger partial charge in [-0.1, -0.05) is 17.7 Å². The molecule has 1 amide bonds. The van der Waals surface area contributed by atoms with Crippen molar-refractivity contribution >= 4 is 40.5 Å². The van der Waals surface area contributed by atoms with Crippen LogP contribution in [0.5, 0.6) is 0 Å². The van der Waals surface area contributed by atoms with Gasteiger partial charge in [-0.25, -0.2) is 9.78 Å². The van der Waals surface area contributed by atoms with Crippen molar-refractivity contribution in [3.8, 4) is 0 Å². The first-order valence-electron chi connectivity index (χ1n) is 8.03. The lowest BCUT2D eigenvalue weighted by molar-refractivity contribution is 0.0600. The number of rotatable bonds is 5. The fraction of sp³-hybridized carbons (Fsp3) is 0.0500. The number of carbonyl (C=O) groups excluding carboxylic acids is 2. The van der Waals surface area contributed by atoms with Crippen LogP contribution in [-0.4, -0.2) is 24.0 Å². The molecule has 3 rings (SSSR count). The Morgan fingerprint density at radius 2 is 1.70 bits per heavy atom. The molecule has 0 unspecified atom stereocenters. The molecule has 0 bridgehead atoms. The fourth-order valence-electron chi connectivity index (χ4n) is 2.34. The number of amides is 1. The lowest BCUT2D eigenvalue weighted by Crippen LogP contribution is -2.13. The van der Waals surface area contributed by atoms with E-state index in [-0.39, 0.29) is 11.6 Å². The number of halogens is 1. The van der Waals surface area contributed by atoms with Gasteiger partial charge in [0.1, 0.15) is 5.69 Å². The summed E-state index contributed by atoms with van der Waals surface area (Å²) in [5.41, 5.74) is 2.74. The second kappa shape index (κ2) is 8.33. The van der Waals surface area contributed by atoms with Crippen LogP contribution < -0.4 is 10.6 Å². The molecular formula is C20H16ClN3O3. The van der Waals surface area contributed by atoms with E-state index in [4.69, 9.17) is 16.3 Å². The summed E-state index contributed by atoms with van der Waals surface area (Å²) >= 11 is 5.83. The van der Waals surface area contributed by atoms with Crippen LogP contribution in [0, 0.1) is 0 Å². The average Bonchev–Trinajstić information content (AvgIpc) is 2.70. The Hall–Kier alpha value is -3.38. The number of methoxy groups -OCH3 is 1. The molecule has 0 saturated carbocycles. The largest absolute Gasteiger partial charge is 0.465 e. The van der Waals surface area contributed by atoms with Crippen LogP contribution in [0.3, 0.4) is 0 Å². The average molecular weight is 382 g/mol. The maximum Gasteiger partial charge on any atom is 0.337 e. The summed E-state index contributed by atoms with van der Waals surface area (Å²) in [6, 6.07) is 17.1. The van der Waals surface area contributed by atoms with Crippen molar-refractivity contribution < 1.29 is 14.3 Å². The van der Waals surface area contributed by atoms with Gasteiger partial charge in [-0.15, -0.1) is 0 Å². The molecule has 6 nitrogen and oxygen atoms in total. The molecule has 0 aliphatic heterocycles. The smallest absolute Gasteiger partial charge is 0.337 e. The van der Waals surface area contributed by atoms with E-state index in [1.54, 1.807) is 60.8 Å². The van der Waals surface area contributed by atoms with Crippen molar-refractivity contribution in [3.63, 3.8) is 0 Å². The molecule has 0 saturated heterocycles. The third kappa shape index (κ3) is 4.83. The highest BCUT2D eigenvalue weighted by atomic mass is 35.5. The molecule has 3 aromatic rings. The number of hydrogen-bond donors (Lipinski definition) is 2. The minimum absolute atomic E-state index is 0.277. The van der Waals surface area contributed by atoms with Crippen molar-refractivity contribution in [3.05, 3.63) is 83.1 Å². The third-order valence-corrected chi connectivity index (χ3v) is 3.92. The number of aromatic nitrogens is 1. The maximum absolute atomic E-state index is 12.2. The van der Waals surface area contributed by atoms with E-state index in [0.717, 1.165) is 0 Å². The molecule has 0 aliphatic rings. The second-order valence-electron chi connectivity index (χ2n) is 5.59. The summed E-state index contributed by atoms with van der Waals surface area (Å²) in [6.45, 7) is 0. The SMILES string of the molecule is COC(=O)c1cccc(Nc2ccc(C(=O)Nc3ccc(Cl)cc3)nc2)c1. The molecule has 0 fully saturated rings. The number of pyridine rings is 1. The van der Waals surface area contributed by atoms with Crippen molar-refractivity contribution in [1.82, 2.24) is 4.98 Å². The molecule has 27 heavy (non-hydrogen) atoms. The summed E-state index contributed by atoms with van der Waals surface area (Å²) in [7, 11) is 1.33. The van der Waals surface area contributed by atoms with Crippen LogP contribution in [0.25, 0.3) is 0 Å². The zero-order valence-corrected chi connectivity index (χ0v) is 15.2. The monoisotopic (exact) mass is 381 g/mol. The van der Waals surface area contributed by atoms with Gasteiger partial charge >= 0.3 is 5.97 Å². The molecular weight excluding hydrogens is 366 g/mol. The highest BCUT2D eigenvalue weighted by molar-refractivity contribution is 6.30. The number of ether oxygens (including phenoxy) is 1. The molecule has 1 heterocycles. The van der Waals surface area contributed by atoms with Crippen molar-refractivity contribution in [1.29, 1.82) is 0 Å². The normalized spacial score (nSPS) is 10.1. The summed E-state index contributed by atoms with van der Waals surface area (Å²) in [5.74, 6) is -0.734. The van der Waals surface area contributed by atoms with Crippen LogP contribution in [0.15, 0.2) is 66.9 Å². The highest BCUT2D eigenvalue weighted by Crippen LogP contribution is 2.18. The predicted octanol–water partition coefficient (Wildman–Crippen LogP) is 4.52. The van der Waals surface area contributed by atoms with Gasteiger partial charge in [0.2, 0.25) is 0 Å². The van der Waals surface area contributed by atoms with E-state index in [1.807, 2.05) is 6.07 Å². The van der Waals surface area contributed by atoms with Gasteiger partial charge in [-0.3, -0.25) is 4.79 Å². The lowest BCUT2D eigenvalue weighted by Gasteiger charge is -2.09. The number of anilines is 3. The lowest BCUT2D eigenvalue weighted by atomic mass is 10.2. The van der Waals surface area contributed by atoms with Crippen molar-refractivity contribution in [2.24, 2.45) is 0 Å². The molecule has 0 spiro atoms. The van der Waals surface area contributed by atoms with E-state index in [0.29, 0.717) is 27.6 Å². The van der Waals surface area contributed by atoms with E-state index >= 15 is 0 Å². The molecule has 0 radical (unpaired) electrons. The predicted molar refractivity (Wildman–Crippen MR) is 105 cm³/mol. The number of carbonyl (C=O) groups is 2. The van der Waals surface area contributed by atoms with Gasteiger partial charge in [0.15, 0.2) is 0 Å². The standard InChI is InChI=1S/C20H16ClN3O3/c1-27-20(26)13-3-2-4-16(11-13)23-17-9-10-18(22-12-17)19(25)24-15-7-5-14(21)6-8-15/h2-12,23H,1H3,(H,24,25). The Labute approximate surface area is 161 Å². The Balaban J connectivity index is 1.67. The fourth-order valence-corrected chi connectivity index (χ4v) is 2.46. The molecule has 0 aliphatic carbocycles. The Bertz CT molecular complexity index is 957. The summed E-state index contributed by atoms with van der Waals surface area (Å²) in [5, 5.41) is 6.47. The van der Waals surface area contributed by atoms with E-state index in [2.05, 4.69) is 15.6 Å². The summed E-state index contributed by atoms with van der Waals surface area (Å²) in [6.07, 6.45) is 1.54. The zero-order chi connectivity index (χ0) is 19.2. The molecule has 2 aromatic carbocycles. The number of benzene rings is 2. The van der Waals surface area contributed by atoms with Gasteiger partial charge in [-0.2, -0.15) is 0 Å². The minimum Gasteiger partial charge on any atom is -0.465 e. The first-order valence-corrected chi connectivity index (χ1v) is 8.41. The maximum atomic E-state index is 12.2. The van der Waals surface area contributed by atoms with E-state index in [1.165, 1.54) is 7.11 Å². The summed E-state index contributed by atoms with van der Waals surface area (Å²) < 4.78 is 4.71. The first-order chi connectivity index (χ1) is 13.0. The first kappa shape index (κ1) is 18.4. The Morgan fingerprint density at radius 1 is 0.963 bits per heavy atom. The topological polar surface area (TPSA) is 80.3 Å². The van der Waals surface area contributed by atoms with Crippen LogP contribution in [0.4, 0.5) is 17.1 Å². The van der Waals surface area contributed by atoms with Gasteiger partial charge < -0.3 is 15.4 Å². The molecule has 7 heteroatoms. The zero-order valence-electron chi connectivity index (χ0n) is 14.4. The van der Waals surface area contributed by atoms with E-state index in [9.17, 15) is 9.59 Å². The highest BCUT2D eigenvalue weighted by Gasteiger charge is 2.09. The molecule has 2 N–H and O–H groups in total. The minimum atomic E-state index is -0.411. The molecule has 1 aromatic heterocycles.